The van der Waals surface area contributed by atoms with Crippen molar-refractivity contribution in [2.45, 2.75) is 38.7 Å². The molecular formula is C25H31N3O7. The molecule has 1 aromatic carbocycles. The number of methoxy groups -OCH3 is 2. The van der Waals surface area contributed by atoms with Gasteiger partial charge in [-0.2, -0.15) is 0 Å². The first-order valence-corrected chi connectivity index (χ1v) is 11.7. The summed E-state index contributed by atoms with van der Waals surface area (Å²) >= 11 is 0. The predicted octanol–water partition coefficient (Wildman–Crippen LogP) is 2.22. The van der Waals surface area contributed by atoms with Crippen molar-refractivity contribution in [1.29, 1.82) is 0 Å². The number of rotatable bonds is 8. The maximum Gasteiger partial charge on any atom is 0.340 e. The van der Waals surface area contributed by atoms with Gasteiger partial charge in [0.2, 0.25) is 5.91 Å². The van der Waals surface area contributed by atoms with Crippen molar-refractivity contribution in [3.05, 3.63) is 50.3 Å². The number of carbonyl (C=O) groups is 2. The molecule has 2 aliphatic carbocycles. The zero-order valence-electron chi connectivity index (χ0n) is 20.5. The highest BCUT2D eigenvalue weighted by Gasteiger charge is 2.40. The van der Waals surface area contributed by atoms with E-state index in [0.717, 1.165) is 16.9 Å². The molecule has 10 nitrogen and oxygen atoms in total. The fourth-order valence-corrected chi connectivity index (χ4v) is 5.35. The van der Waals surface area contributed by atoms with E-state index < -0.39 is 17.2 Å². The number of nitrogens with one attached hydrogen (secondary N) is 1. The molecule has 1 heterocycles. The van der Waals surface area contributed by atoms with E-state index in [-0.39, 0.29) is 29.5 Å². The van der Waals surface area contributed by atoms with Crippen LogP contribution in [0, 0.1) is 17.8 Å². The third-order valence-electron chi connectivity index (χ3n) is 7.33. The summed E-state index contributed by atoms with van der Waals surface area (Å²) in [6.07, 6.45) is 5.12. The summed E-state index contributed by atoms with van der Waals surface area (Å²) in [5.74, 6) is 1.44. The average Bonchev–Trinajstić information content (AvgIpc) is 3.46. The number of carbonyl (C=O) groups excluding carboxylic acids is 2. The standard InChI is InChI=1S/C25H31N3O7/c1-27-17(10-23(30)28(2)25(27)32)13-35-24(31)18-11-20(33-3)21(34-4)12-19(18)26-22(29)9-16-8-14-5-6-15(16)7-14/h10-12,14-16H,5-9,13H2,1-4H3,(H,26,29)/t14-,15-,16+/m0/s1. The number of benzene rings is 1. The van der Waals surface area contributed by atoms with E-state index in [1.54, 1.807) is 0 Å². The van der Waals surface area contributed by atoms with Crippen molar-refractivity contribution < 1.29 is 23.8 Å². The Morgan fingerprint density at radius 2 is 1.71 bits per heavy atom. The van der Waals surface area contributed by atoms with Crippen LogP contribution in [-0.2, 0) is 30.2 Å². The molecule has 2 saturated carbocycles. The molecule has 2 fully saturated rings. The van der Waals surface area contributed by atoms with Gasteiger partial charge in [0.15, 0.2) is 11.5 Å². The first-order valence-electron chi connectivity index (χ1n) is 11.7. The van der Waals surface area contributed by atoms with Gasteiger partial charge in [-0.25, -0.2) is 9.59 Å². The fraction of sp³-hybridized carbons (Fsp3) is 0.520. The maximum atomic E-state index is 13.0. The lowest BCUT2D eigenvalue weighted by atomic mass is 9.86. The van der Waals surface area contributed by atoms with Crippen LogP contribution in [0.4, 0.5) is 5.69 Å². The monoisotopic (exact) mass is 485 g/mol. The molecule has 0 unspecified atom stereocenters. The number of anilines is 1. The first kappa shape index (κ1) is 24.6. The van der Waals surface area contributed by atoms with Crippen LogP contribution >= 0.6 is 0 Å². The van der Waals surface area contributed by atoms with Crippen molar-refractivity contribution >= 4 is 17.6 Å². The molecule has 0 radical (unpaired) electrons. The molecule has 35 heavy (non-hydrogen) atoms. The molecule has 0 spiro atoms. The fourth-order valence-electron chi connectivity index (χ4n) is 5.35. The molecule has 1 aromatic heterocycles. The van der Waals surface area contributed by atoms with E-state index in [1.165, 1.54) is 70.3 Å². The SMILES string of the molecule is COc1cc(NC(=O)C[C@H]2C[C@H]3CC[C@H]2C3)c(C(=O)OCc2cc(=O)n(C)c(=O)n2C)cc1OC. The lowest BCUT2D eigenvalue weighted by molar-refractivity contribution is -0.117. The van der Waals surface area contributed by atoms with Crippen LogP contribution in [0.1, 0.15) is 48.2 Å². The highest BCUT2D eigenvalue weighted by Crippen LogP contribution is 2.49. The Morgan fingerprint density at radius 3 is 2.34 bits per heavy atom. The third kappa shape index (κ3) is 4.96. The number of amides is 1. The van der Waals surface area contributed by atoms with E-state index in [9.17, 15) is 19.2 Å². The Balaban J connectivity index is 1.54. The van der Waals surface area contributed by atoms with Gasteiger partial charge in [0.25, 0.3) is 5.56 Å². The second-order valence-electron chi connectivity index (χ2n) is 9.39. The van der Waals surface area contributed by atoms with Crippen LogP contribution in [0.25, 0.3) is 0 Å². The Bertz CT molecular complexity index is 1260. The quantitative estimate of drug-likeness (QED) is 0.570. The third-order valence-corrected chi connectivity index (χ3v) is 7.33. The molecule has 0 saturated heterocycles. The molecule has 1 N–H and O–H groups in total. The van der Waals surface area contributed by atoms with Gasteiger partial charge in [0, 0.05) is 38.7 Å². The topological polar surface area (TPSA) is 118 Å². The molecule has 2 aromatic rings. The minimum absolute atomic E-state index is 0.0813. The predicted molar refractivity (Wildman–Crippen MR) is 128 cm³/mol. The van der Waals surface area contributed by atoms with Crippen LogP contribution < -0.4 is 26.0 Å². The Morgan fingerprint density at radius 1 is 1.00 bits per heavy atom. The first-order chi connectivity index (χ1) is 16.7. The minimum Gasteiger partial charge on any atom is -0.493 e. The van der Waals surface area contributed by atoms with E-state index in [0.29, 0.717) is 29.8 Å². The molecule has 2 bridgehead atoms. The van der Waals surface area contributed by atoms with Gasteiger partial charge in [-0.1, -0.05) is 6.42 Å². The van der Waals surface area contributed by atoms with Crippen LogP contribution in [0.15, 0.2) is 27.8 Å². The average molecular weight is 486 g/mol. The number of esters is 1. The molecule has 2 aliphatic rings. The summed E-state index contributed by atoms with van der Waals surface area (Å²) in [5, 5.41) is 2.86. The van der Waals surface area contributed by atoms with Crippen LogP contribution in [0.2, 0.25) is 0 Å². The van der Waals surface area contributed by atoms with Gasteiger partial charge in [-0.15, -0.1) is 0 Å². The molecule has 1 amide bonds. The number of aromatic nitrogens is 2. The Labute approximate surface area is 202 Å². The van der Waals surface area contributed by atoms with E-state index in [1.807, 2.05) is 0 Å². The summed E-state index contributed by atoms with van der Waals surface area (Å²) in [6, 6.07) is 4.21. The van der Waals surface area contributed by atoms with E-state index >= 15 is 0 Å². The van der Waals surface area contributed by atoms with Gasteiger partial charge >= 0.3 is 11.7 Å². The summed E-state index contributed by atoms with van der Waals surface area (Å²) < 4.78 is 18.3. The van der Waals surface area contributed by atoms with Crippen LogP contribution in [0.3, 0.4) is 0 Å². The summed E-state index contributed by atoms with van der Waals surface area (Å²) in [4.78, 5) is 50.1. The normalized spacial score (nSPS) is 20.5. The van der Waals surface area contributed by atoms with Gasteiger partial charge < -0.3 is 19.5 Å². The largest absolute Gasteiger partial charge is 0.493 e. The van der Waals surface area contributed by atoms with Gasteiger partial charge in [0.05, 0.1) is 31.2 Å². The van der Waals surface area contributed by atoms with Gasteiger partial charge in [-0.3, -0.25) is 18.7 Å². The smallest absolute Gasteiger partial charge is 0.340 e. The Kier molecular flexibility index (Phi) is 7.00. The highest BCUT2D eigenvalue weighted by atomic mass is 16.5. The molecule has 4 rings (SSSR count). The van der Waals surface area contributed by atoms with Crippen molar-refractivity contribution in [2.24, 2.45) is 31.8 Å². The summed E-state index contributed by atoms with van der Waals surface area (Å²) in [6.45, 7) is -0.298. The Hall–Kier alpha value is -3.56. The molecular weight excluding hydrogens is 454 g/mol. The maximum absolute atomic E-state index is 13.0. The number of nitrogens with zero attached hydrogens (tertiary/aromatic N) is 2. The molecule has 188 valence electrons. The summed E-state index contributed by atoms with van der Waals surface area (Å²) in [5.41, 5.74) is -0.452. The van der Waals surface area contributed by atoms with Gasteiger partial charge in [-0.05, 0) is 37.0 Å². The summed E-state index contributed by atoms with van der Waals surface area (Å²) in [7, 11) is 5.77. The number of hydrogen-bond acceptors (Lipinski definition) is 7. The van der Waals surface area contributed by atoms with Crippen molar-refractivity contribution in [1.82, 2.24) is 9.13 Å². The van der Waals surface area contributed by atoms with Crippen LogP contribution in [-0.4, -0.2) is 35.2 Å². The minimum atomic E-state index is -0.741. The van der Waals surface area contributed by atoms with Crippen LogP contribution in [0.5, 0.6) is 11.5 Å². The lowest BCUT2D eigenvalue weighted by Crippen LogP contribution is -2.38. The number of hydrogen-bond donors (Lipinski definition) is 1. The number of fused-ring (bicyclic) bond motifs is 2. The van der Waals surface area contributed by atoms with E-state index in [4.69, 9.17) is 14.2 Å². The lowest BCUT2D eigenvalue weighted by Gasteiger charge is -2.21. The van der Waals surface area contributed by atoms with Gasteiger partial charge in [0.1, 0.15) is 6.61 Å². The zero-order chi connectivity index (χ0) is 25.3. The zero-order valence-corrected chi connectivity index (χ0v) is 20.5. The second-order valence-corrected chi connectivity index (χ2v) is 9.39. The number of ether oxygens (including phenoxy) is 3. The molecule has 0 aliphatic heterocycles. The van der Waals surface area contributed by atoms with Crippen molar-refractivity contribution in [2.75, 3.05) is 19.5 Å². The van der Waals surface area contributed by atoms with Crippen molar-refractivity contribution in [3.63, 3.8) is 0 Å². The molecule has 10 heteroatoms. The van der Waals surface area contributed by atoms with Crippen molar-refractivity contribution in [3.8, 4) is 11.5 Å². The van der Waals surface area contributed by atoms with E-state index in [2.05, 4.69) is 5.32 Å². The second kappa shape index (κ2) is 9.97. The molecule has 3 atom stereocenters. The highest BCUT2D eigenvalue weighted by molar-refractivity contribution is 6.02.